The molecule has 1 aromatic rings. The molecule has 1 heterocycles. The lowest BCUT2D eigenvalue weighted by atomic mass is 10.1. The number of aromatic nitrogens is 1. The van der Waals surface area contributed by atoms with Crippen molar-refractivity contribution >= 4 is 29.7 Å². The lowest BCUT2D eigenvalue weighted by molar-refractivity contribution is -0.118. The van der Waals surface area contributed by atoms with Crippen LogP contribution in [0.15, 0.2) is 24.4 Å². The van der Waals surface area contributed by atoms with Crippen LogP contribution in [-0.2, 0) is 14.3 Å². The summed E-state index contributed by atoms with van der Waals surface area (Å²) in [6.07, 6.45) is 5.19. The van der Waals surface area contributed by atoms with E-state index in [1.165, 1.54) is 13.0 Å². The zero-order valence-electron chi connectivity index (χ0n) is 16.0. The van der Waals surface area contributed by atoms with Crippen molar-refractivity contribution in [2.75, 3.05) is 5.32 Å². The Labute approximate surface area is 154 Å². The normalized spacial score (nSPS) is 12.5. The first-order chi connectivity index (χ1) is 12.1. The Balaban J connectivity index is 2.71. The summed E-state index contributed by atoms with van der Waals surface area (Å²) in [4.78, 5) is 39.4. The van der Waals surface area contributed by atoms with Crippen molar-refractivity contribution < 1.29 is 19.1 Å². The maximum atomic E-state index is 12.4. The van der Waals surface area contributed by atoms with Crippen LogP contribution >= 0.6 is 0 Å². The number of hydrogen-bond donors (Lipinski definition) is 2. The third kappa shape index (κ3) is 8.41. The predicted octanol–water partition coefficient (Wildman–Crippen LogP) is 3.32. The second-order valence-electron chi connectivity index (χ2n) is 6.90. The van der Waals surface area contributed by atoms with Gasteiger partial charge in [-0.05, 0) is 64.0 Å². The average Bonchev–Trinajstić information content (AvgIpc) is 2.52. The van der Waals surface area contributed by atoms with E-state index in [1.807, 2.05) is 6.92 Å². The van der Waals surface area contributed by atoms with E-state index in [9.17, 15) is 14.4 Å². The minimum atomic E-state index is -0.714. The number of ether oxygens (including phenoxy) is 1. The van der Waals surface area contributed by atoms with Crippen molar-refractivity contribution in [3.8, 4) is 0 Å². The molecule has 0 saturated carbocycles. The van der Waals surface area contributed by atoms with Crippen molar-refractivity contribution in [2.45, 2.75) is 59.1 Å². The van der Waals surface area contributed by atoms with E-state index in [4.69, 9.17) is 4.74 Å². The molecule has 1 aromatic heterocycles. The first-order valence-corrected chi connectivity index (χ1v) is 8.56. The van der Waals surface area contributed by atoms with Gasteiger partial charge in [-0.2, -0.15) is 0 Å². The number of anilines is 1. The van der Waals surface area contributed by atoms with E-state index in [2.05, 4.69) is 15.6 Å². The number of ketones is 1. The highest BCUT2D eigenvalue weighted by Crippen LogP contribution is 2.10. The van der Waals surface area contributed by atoms with Gasteiger partial charge in [0.25, 0.3) is 0 Å². The molecule has 0 bridgehead atoms. The smallest absolute Gasteiger partial charge is 0.408 e. The number of alkyl carbamates (subject to hydrolysis) is 1. The Morgan fingerprint density at radius 2 is 1.96 bits per heavy atom. The number of hydrogen-bond acceptors (Lipinski definition) is 5. The van der Waals surface area contributed by atoms with Gasteiger partial charge in [-0.1, -0.05) is 13.3 Å². The Hall–Kier alpha value is -2.70. The van der Waals surface area contributed by atoms with Crippen LogP contribution in [0.1, 0.15) is 53.0 Å². The molecule has 0 aliphatic heterocycles. The van der Waals surface area contributed by atoms with E-state index in [0.29, 0.717) is 12.2 Å². The second-order valence-corrected chi connectivity index (χ2v) is 6.90. The summed E-state index contributed by atoms with van der Waals surface area (Å²) in [6.45, 7) is 8.66. The SMILES string of the molecule is CCCC(NC(=O)OC(C)(C)C)C(=O)Nc1ccc(/C=C/C(C)=O)cn1. The van der Waals surface area contributed by atoms with E-state index in [1.54, 1.807) is 45.2 Å². The summed E-state index contributed by atoms with van der Waals surface area (Å²) in [7, 11) is 0. The van der Waals surface area contributed by atoms with Crippen LogP contribution in [0.4, 0.5) is 10.6 Å². The minimum absolute atomic E-state index is 0.0574. The van der Waals surface area contributed by atoms with E-state index < -0.39 is 17.7 Å². The van der Waals surface area contributed by atoms with Crippen LogP contribution in [0, 0.1) is 0 Å². The van der Waals surface area contributed by atoms with Crippen LogP contribution in [0.25, 0.3) is 6.08 Å². The highest BCUT2D eigenvalue weighted by atomic mass is 16.6. The first-order valence-electron chi connectivity index (χ1n) is 8.56. The van der Waals surface area contributed by atoms with Gasteiger partial charge in [0, 0.05) is 6.20 Å². The van der Waals surface area contributed by atoms with Crippen LogP contribution in [0.3, 0.4) is 0 Å². The van der Waals surface area contributed by atoms with E-state index >= 15 is 0 Å². The van der Waals surface area contributed by atoms with Crippen LogP contribution in [0.2, 0.25) is 0 Å². The largest absolute Gasteiger partial charge is 0.444 e. The third-order valence-corrected chi connectivity index (χ3v) is 3.13. The maximum absolute atomic E-state index is 12.4. The van der Waals surface area contributed by atoms with Gasteiger partial charge in [-0.3, -0.25) is 9.59 Å². The molecule has 0 saturated heterocycles. The molecule has 1 rings (SSSR count). The van der Waals surface area contributed by atoms with E-state index in [-0.39, 0.29) is 11.7 Å². The zero-order valence-corrected chi connectivity index (χ0v) is 16.0. The zero-order chi connectivity index (χ0) is 19.7. The molecule has 0 aromatic carbocycles. The fourth-order valence-corrected chi connectivity index (χ4v) is 2.01. The number of carbonyl (C=O) groups excluding carboxylic acids is 3. The minimum Gasteiger partial charge on any atom is -0.444 e. The fraction of sp³-hybridized carbons (Fsp3) is 0.474. The topological polar surface area (TPSA) is 97.4 Å². The molecule has 7 nitrogen and oxygen atoms in total. The Kier molecular flexibility index (Phi) is 7.96. The molecule has 26 heavy (non-hydrogen) atoms. The summed E-state index contributed by atoms with van der Waals surface area (Å²) in [5, 5.41) is 5.26. The number of pyridine rings is 1. The highest BCUT2D eigenvalue weighted by molar-refractivity contribution is 5.96. The molecule has 0 spiro atoms. The van der Waals surface area contributed by atoms with Gasteiger partial charge < -0.3 is 15.4 Å². The summed E-state index contributed by atoms with van der Waals surface area (Å²) in [6, 6.07) is 2.65. The molecule has 142 valence electrons. The number of carbonyl (C=O) groups is 3. The van der Waals surface area contributed by atoms with Gasteiger partial charge in [-0.25, -0.2) is 9.78 Å². The highest BCUT2D eigenvalue weighted by Gasteiger charge is 2.24. The summed E-state index contributed by atoms with van der Waals surface area (Å²) >= 11 is 0. The Bertz CT molecular complexity index is 660. The standard InChI is InChI=1S/C19H27N3O4/c1-6-7-15(21-18(25)26-19(3,4)5)17(24)22-16-11-10-14(12-20-16)9-8-13(2)23/h8-12,15H,6-7H2,1-5H3,(H,21,25)(H,20,22,24)/b9-8+. The lowest BCUT2D eigenvalue weighted by Crippen LogP contribution is -2.45. The number of nitrogens with one attached hydrogen (secondary N) is 2. The molecule has 0 radical (unpaired) electrons. The van der Waals surface area contributed by atoms with Crippen molar-refractivity contribution in [1.29, 1.82) is 0 Å². The predicted molar refractivity (Wildman–Crippen MR) is 101 cm³/mol. The molecule has 1 atom stereocenters. The van der Waals surface area contributed by atoms with Gasteiger partial charge in [0.15, 0.2) is 5.78 Å². The monoisotopic (exact) mass is 361 g/mol. The molecule has 2 amide bonds. The summed E-state index contributed by atoms with van der Waals surface area (Å²) < 4.78 is 5.20. The molecular weight excluding hydrogens is 334 g/mol. The van der Waals surface area contributed by atoms with Crippen LogP contribution < -0.4 is 10.6 Å². The van der Waals surface area contributed by atoms with E-state index in [0.717, 1.165) is 12.0 Å². The first kappa shape index (κ1) is 21.3. The van der Waals surface area contributed by atoms with Gasteiger partial charge in [0.1, 0.15) is 17.5 Å². The molecule has 2 N–H and O–H groups in total. The summed E-state index contributed by atoms with van der Waals surface area (Å²) in [5.74, 6) is -0.0580. The van der Waals surface area contributed by atoms with Crippen LogP contribution in [0.5, 0.6) is 0 Å². The quantitative estimate of drug-likeness (QED) is 0.726. The number of rotatable bonds is 7. The number of amides is 2. The molecule has 0 aliphatic rings. The summed E-state index contributed by atoms with van der Waals surface area (Å²) in [5.41, 5.74) is 0.109. The molecule has 0 aliphatic carbocycles. The van der Waals surface area contributed by atoms with Gasteiger partial charge in [0.2, 0.25) is 5.91 Å². The Morgan fingerprint density at radius 1 is 1.27 bits per heavy atom. The molecule has 1 unspecified atom stereocenters. The number of allylic oxidation sites excluding steroid dienone is 1. The molecule has 7 heteroatoms. The van der Waals surface area contributed by atoms with Crippen molar-refractivity contribution in [1.82, 2.24) is 10.3 Å². The average molecular weight is 361 g/mol. The van der Waals surface area contributed by atoms with Gasteiger partial charge in [-0.15, -0.1) is 0 Å². The number of nitrogens with zero attached hydrogens (tertiary/aromatic N) is 1. The molecule has 0 fully saturated rings. The van der Waals surface area contributed by atoms with Crippen molar-refractivity contribution in [3.05, 3.63) is 30.0 Å². The second kappa shape index (κ2) is 9.70. The van der Waals surface area contributed by atoms with Crippen molar-refractivity contribution in [2.24, 2.45) is 0 Å². The lowest BCUT2D eigenvalue weighted by Gasteiger charge is -2.23. The third-order valence-electron chi connectivity index (χ3n) is 3.13. The van der Waals surface area contributed by atoms with Crippen LogP contribution in [-0.4, -0.2) is 34.4 Å². The fourth-order valence-electron chi connectivity index (χ4n) is 2.01. The molecular formula is C19H27N3O4. The van der Waals surface area contributed by atoms with Gasteiger partial charge >= 0.3 is 6.09 Å². The van der Waals surface area contributed by atoms with Crippen molar-refractivity contribution in [3.63, 3.8) is 0 Å². The maximum Gasteiger partial charge on any atom is 0.408 e. The Morgan fingerprint density at radius 3 is 2.46 bits per heavy atom. The van der Waals surface area contributed by atoms with Gasteiger partial charge in [0.05, 0.1) is 0 Å².